The summed E-state index contributed by atoms with van der Waals surface area (Å²) in [5, 5.41) is 23.4. The Morgan fingerprint density at radius 3 is 2.63 bits per heavy atom. The van der Waals surface area contributed by atoms with Crippen molar-refractivity contribution in [2.45, 2.75) is 51.8 Å². The van der Waals surface area contributed by atoms with E-state index in [2.05, 4.69) is 30.7 Å². The van der Waals surface area contributed by atoms with Crippen molar-refractivity contribution in [1.29, 1.82) is 0 Å². The lowest BCUT2D eigenvalue weighted by molar-refractivity contribution is -0.137. The molecule has 0 aliphatic rings. The highest BCUT2D eigenvalue weighted by Gasteiger charge is 2.23. The van der Waals surface area contributed by atoms with Gasteiger partial charge in [-0.05, 0) is 44.2 Å². The lowest BCUT2D eigenvalue weighted by atomic mass is 10.2. The molecule has 186 valence electrons. The summed E-state index contributed by atoms with van der Waals surface area (Å²) in [6, 6.07) is 5.07. The van der Waals surface area contributed by atoms with Crippen LogP contribution >= 0.6 is 0 Å². The van der Waals surface area contributed by atoms with Gasteiger partial charge in [0.2, 0.25) is 5.82 Å². The number of halogens is 1. The number of carboxylic acids is 1. The van der Waals surface area contributed by atoms with Crippen LogP contribution in [-0.4, -0.2) is 65.6 Å². The SMILES string of the molecule is CC(C)(C)OC(=O)NC(CC(=O)O)Cn1nnc(-c2ccc(OCCc3ncccn3)cc2F)n1. The molecule has 0 fully saturated rings. The van der Waals surface area contributed by atoms with Crippen LogP contribution in [0.1, 0.15) is 33.0 Å². The third-order valence-electron chi connectivity index (χ3n) is 4.37. The van der Waals surface area contributed by atoms with Crippen molar-refractivity contribution in [2.75, 3.05) is 6.61 Å². The van der Waals surface area contributed by atoms with Crippen LogP contribution in [-0.2, 0) is 22.5 Å². The number of tetrazole rings is 1. The second kappa shape index (κ2) is 11.3. The normalized spacial score (nSPS) is 12.1. The maximum Gasteiger partial charge on any atom is 0.407 e. The number of nitrogens with one attached hydrogen (secondary N) is 1. The minimum Gasteiger partial charge on any atom is -0.493 e. The van der Waals surface area contributed by atoms with E-state index >= 15 is 0 Å². The van der Waals surface area contributed by atoms with Gasteiger partial charge >= 0.3 is 12.1 Å². The van der Waals surface area contributed by atoms with Gasteiger partial charge in [-0.25, -0.2) is 19.2 Å². The molecular weight excluding hydrogens is 461 g/mol. The molecule has 0 aliphatic heterocycles. The third kappa shape index (κ3) is 8.28. The Balaban J connectivity index is 1.62. The number of hydrogen-bond donors (Lipinski definition) is 2. The van der Waals surface area contributed by atoms with Crippen LogP contribution in [0.4, 0.5) is 9.18 Å². The minimum atomic E-state index is -1.13. The number of aromatic nitrogens is 6. The summed E-state index contributed by atoms with van der Waals surface area (Å²) in [6.45, 7) is 5.22. The van der Waals surface area contributed by atoms with E-state index in [-0.39, 0.29) is 24.5 Å². The fourth-order valence-electron chi connectivity index (χ4n) is 2.96. The number of aliphatic carboxylic acids is 1. The Hall–Kier alpha value is -4.16. The molecule has 0 radical (unpaired) electrons. The van der Waals surface area contributed by atoms with E-state index in [1.165, 1.54) is 12.1 Å². The predicted molar refractivity (Wildman–Crippen MR) is 120 cm³/mol. The molecule has 12 nitrogen and oxygen atoms in total. The second-order valence-corrected chi connectivity index (χ2v) is 8.51. The number of nitrogens with zero attached hydrogens (tertiary/aromatic N) is 6. The monoisotopic (exact) mass is 487 g/mol. The lowest BCUT2D eigenvalue weighted by Crippen LogP contribution is -2.42. The number of benzene rings is 1. The van der Waals surface area contributed by atoms with Crippen LogP contribution in [0.15, 0.2) is 36.7 Å². The lowest BCUT2D eigenvalue weighted by Gasteiger charge is -2.22. The zero-order chi connectivity index (χ0) is 25.4. The number of hydrogen-bond acceptors (Lipinski definition) is 9. The Labute approximate surface area is 200 Å². The maximum absolute atomic E-state index is 14.7. The van der Waals surface area contributed by atoms with Crippen molar-refractivity contribution in [3.8, 4) is 17.1 Å². The summed E-state index contributed by atoms with van der Waals surface area (Å²) in [6.07, 6.45) is 2.56. The summed E-state index contributed by atoms with van der Waals surface area (Å²) in [4.78, 5) is 32.5. The molecule has 1 atom stereocenters. The summed E-state index contributed by atoms with van der Waals surface area (Å²) in [5.74, 6) is -0.817. The second-order valence-electron chi connectivity index (χ2n) is 8.51. The molecule has 0 saturated heterocycles. The van der Waals surface area contributed by atoms with E-state index in [0.717, 1.165) is 4.80 Å². The number of carbonyl (C=O) groups excluding carboxylic acids is 1. The number of rotatable bonds is 10. The van der Waals surface area contributed by atoms with Crippen LogP contribution in [0.5, 0.6) is 5.75 Å². The molecule has 0 saturated carbocycles. The first-order valence-corrected chi connectivity index (χ1v) is 10.8. The van der Waals surface area contributed by atoms with Gasteiger partial charge in [0.25, 0.3) is 0 Å². The van der Waals surface area contributed by atoms with Crippen molar-refractivity contribution >= 4 is 12.1 Å². The highest BCUT2D eigenvalue weighted by Crippen LogP contribution is 2.23. The molecule has 0 aliphatic carbocycles. The van der Waals surface area contributed by atoms with E-state index in [1.807, 2.05) is 0 Å². The van der Waals surface area contributed by atoms with E-state index in [9.17, 15) is 14.0 Å². The Kier molecular flexibility index (Phi) is 8.23. The fraction of sp³-hybridized carbons (Fsp3) is 0.409. The Morgan fingerprint density at radius 1 is 1.23 bits per heavy atom. The van der Waals surface area contributed by atoms with Gasteiger partial charge in [-0.1, -0.05) is 0 Å². The topological polar surface area (TPSA) is 154 Å². The quantitative estimate of drug-likeness (QED) is 0.435. The highest BCUT2D eigenvalue weighted by molar-refractivity contribution is 5.71. The van der Waals surface area contributed by atoms with Gasteiger partial charge in [0.1, 0.15) is 23.0 Å². The van der Waals surface area contributed by atoms with Gasteiger partial charge in [0.15, 0.2) is 0 Å². The van der Waals surface area contributed by atoms with Crippen LogP contribution < -0.4 is 10.1 Å². The van der Waals surface area contributed by atoms with Gasteiger partial charge < -0.3 is 19.9 Å². The first-order valence-electron chi connectivity index (χ1n) is 10.8. The molecule has 2 N–H and O–H groups in total. The highest BCUT2D eigenvalue weighted by atomic mass is 19.1. The van der Waals surface area contributed by atoms with E-state index in [1.54, 1.807) is 45.3 Å². The minimum absolute atomic E-state index is 0.00178. The summed E-state index contributed by atoms with van der Waals surface area (Å²) < 4.78 is 25.4. The number of amides is 1. The molecule has 3 rings (SSSR count). The molecule has 1 aromatic carbocycles. The third-order valence-corrected chi connectivity index (χ3v) is 4.37. The molecule has 13 heteroatoms. The number of alkyl carbamates (subject to hydrolysis) is 1. The van der Waals surface area contributed by atoms with Crippen LogP contribution in [0, 0.1) is 5.82 Å². The summed E-state index contributed by atoms with van der Waals surface area (Å²) in [5.41, 5.74) is -0.663. The van der Waals surface area contributed by atoms with Crippen LogP contribution in [0.3, 0.4) is 0 Å². The Morgan fingerprint density at radius 2 is 1.97 bits per heavy atom. The molecule has 2 heterocycles. The van der Waals surface area contributed by atoms with Crippen molar-refractivity contribution in [1.82, 2.24) is 35.5 Å². The van der Waals surface area contributed by atoms with E-state index in [4.69, 9.17) is 14.6 Å². The Bertz CT molecular complexity index is 1150. The van der Waals surface area contributed by atoms with Crippen molar-refractivity contribution in [3.05, 3.63) is 48.3 Å². The summed E-state index contributed by atoms with van der Waals surface area (Å²) in [7, 11) is 0. The van der Waals surface area contributed by atoms with Gasteiger partial charge in [-0.2, -0.15) is 4.80 Å². The first kappa shape index (κ1) is 25.5. The average Bonchev–Trinajstić information content (AvgIpc) is 3.20. The zero-order valence-corrected chi connectivity index (χ0v) is 19.5. The largest absolute Gasteiger partial charge is 0.493 e. The first-order chi connectivity index (χ1) is 16.6. The average molecular weight is 487 g/mol. The number of carbonyl (C=O) groups is 2. The number of ether oxygens (including phenoxy) is 2. The molecule has 3 aromatic rings. The fourth-order valence-corrected chi connectivity index (χ4v) is 2.96. The number of carboxylic acid groups (broad SMARTS) is 1. The van der Waals surface area contributed by atoms with Crippen LogP contribution in [0.2, 0.25) is 0 Å². The van der Waals surface area contributed by atoms with Crippen molar-refractivity contribution < 1.29 is 28.6 Å². The van der Waals surface area contributed by atoms with Gasteiger partial charge in [-0.3, -0.25) is 4.79 Å². The van der Waals surface area contributed by atoms with Gasteiger partial charge in [0.05, 0.1) is 31.2 Å². The molecule has 1 amide bonds. The van der Waals surface area contributed by atoms with Gasteiger partial charge in [0, 0.05) is 24.9 Å². The molecule has 0 bridgehead atoms. The summed E-state index contributed by atoms with van der Waals surface area (Å²) >= 11 is 0. The zero-order valence-electron chi connectivity index (χ0n) is 19.5. The van der Waals surface area contributed by atoms with E-state index in [0.29, 0.717) is 18.0 Å². The predicted octanol–water partition coefficient (Wildman–Crippen LogP) is 2.26. The van der Waals surface area contributed by atoms with Crippen molar-refractivity contribution in [2.24, 2.45) is 0 Å². The molecule has 1 unspecified atom stereocenters. The molecule has 2 aromatic heterocycles. The molecule has 35 heavy (non-hydrogen) atoms. The molecule has 0 spiro atoms. The maximum atomic E-state index is 14.7. The standard InChI is InChI=1S/C22H26FN7O5/c1-22(2,3)35-21(33)26-14(11-19(31)32)13-30-28-20(27-29-30)16-6-5-15(12-17(16)23)34-10-7-18-24-8-4-9-25-18/h4-6,8-9,12,14H,7,10-11,13H2,1-3H3,(H,26,33)(H,31,32). The van der Waals surface area contributed by atoms with Gasteiger partial charge in [-0.15, -0.1) is 10.2 Å². The molecular formula is C22H26FN7O5. The van der Waals surface area contributed by atoms with Crippen LogP contribution in [0.25, 0.3) is 11.4 Å². The van der Waals surface area contributed by atoms with Crippen molar-refractivity contribution in [3.63, 3.8) is 0 Å². The van der Waals surface area contributed by atoms with E-state index < -0.39 is 35.9 Å². The smallest absolute Gasteiger partial charge is 0.407 e.